The maximum absolute atomic E-state index is 5.82. The highest BCUT2D eigenvalue weighted by molar-refractivity contribution is 14.1. The summed E-state index contributed by atoms with van der Waals surface area (Å²) in [6, 6.07) is 13.8. The molecule has 0 fully saturated rings. The van der Waals surface area contributed by atoms with E-state index in [4.69, 9.17) is 9.47 Å². The van der Waals surface area contributed by atoms with Gasteiger partial charge in [0.15, 0.2) is 0 Å². The van der Waals surface area contributed by atoms with Crippen molar-refractivity contribution in [3.05, 3.63) is 51.6 Å². The molecule has 2 aromatic rings. The molecule has 0 aliphatic heterocycles. The molecule has 0 amide bonds. The molecule has 88 valence electrons. The first-order chi connectivity index (χ1) is 8.20. The number of ether oxygens (including phenoxy) is 2. The highest BCUT2D eigenvalue weighted by atomic mass is 127. The molecule has 0 heterocycles. The average Bonchev–Trinajstić information content (AvgIpc) is 2.35. The number of hydrogen-bond acceptors (Lipinski definition) is 2. The van der Waals surface area contributed by atoms with Gasteiger partial charge in [-0.25, -0.2) is 0 Å². The zero-order valence-electron chi connectivity index (χ0n) is 9.74. The molecule has 2 nitrogen and oxygen atoms in total. The molecule has 2 rings (SSSR count). The summed E-state index contributed by atoms with van der Waals surface area (Å²) in [6.07, 6.45) is 0. The van der Waals surface area contributed by atoms with Gasteiger partial charge < -0.3 is 9.47 Å². The van der Waals surface area contributed by atoms with Crippen molar-refractivity contribution in [1.29, 1.82) is 0 Å². The second-order valence-electron chi connectivity index (χ2n) is 3.69. The third kappa shape index (κ3) is 2.91. The monoisotopic (exact) mass is 340 g/mol. The quantitative estimate of drug-likeness (QED) is 0.771. The maximum atomic E-state index is 5.82. The molecule has 0 radical (unpaired) electrons. The first kappa shape index (κ1) is 12.2. The second kappa shape index (κ2) is 5.40. The minimum Gasteiger partial charge on any atom is -0.496 e. The van der Waals surface area contributed by atoms with Crippen molar-refractivity contribution in [1.82, 2.24) is 0 Å². The van der Waals surface area contributed by atoms with Gasteiger partial charge >= 0.3 is 0 Å². The van der Waals surface area contributed by atoms with Crippen molar-refractivity contribution in [2.75, 3.05) is 7.11 Å². The SMILES string of the molecule is COc1cccc(Oc2ccc(C)cc2)c1I. The van der Waals surface area contributed by atoms with Gasteiger partial charge in [0, 0.05) is 0 Å². The zero-order chi connectivity index (χ0) is 12.3. The van der Waals surface area contributed by atoms with E-state index < -0.39 is 0 Å². The summed E-state index contributed by atoms with van der Waals surface area (Å²) >= 11 is 2.22. The summed E-state index contributed by atoms with van der Waals surface area (Å²) in [4.78, 5) is 0. The molecule has 0 spiro atoms. The molecular formula is C14H13IO2. The molecule has 17 heavy (non-hydrogen) atoms. The van der Waals surface area contributed by atoms with Gasteiger partial charge in [-0.15, -0.1) is 0 Å². The van der Waals surface area contributed by atoms with E-state index >= 15 is 0 Å². The molecule has 3 heteroatoms. The zero-order valence-corrected chi connectivity index (χ0v) is 11.9. The summed E-state index contributed by atoms with van der Waals surface area (Å²) < 4.78 is 12.1. The maximum Gasteiger partial charge on any atom is 0.144 e. The molecule has 0 aliphatic carbocycles. The summed E-state index contributed by atoms with van der Waals surface area (Å²) in [6.45, 7) is 2.05. The average molecular weight is 340 g/mol. The Labute approximate surface area is 115 Å². The topological polar surface area (TPSA) is 18.5 Å². The molecule has 0 saturated carbocycles. The van der Waals surface area contributed by atoms with Crippen LogP contribution in [0, 0.1) is 10.5 Å². The lowest BCUT2D eigenvalue weighted by atomic mass is 10.2. The highest BCUT2D eigenvalue weighted by Gasteiger charge is 2.07. The van der Waals surface area contributed by atoms with Crippen LogP contribution in [0.4, 0.5) is 0 Å². The Hall–Kier alpha value is -1.23. The Bertz CT molecular complexity index is 506. The standard InChI is InChI=1S/C14H13IO2/c1-10-6-8-11(9-7-10)17-13-5-3-4-12(16-2)14(13)15/h3-9H,1-2H3. The van der Waals surface area contributed by atoms with E-state index in [1.54, 1.807) is 7.11 Å². The Morgan fingerprint density at radius 1 is 0.941 bits per heavy atom. The summed E-state index contributed by atoms with van der Waals surface area (Å²) in [5.41, 5.74) is 1.22. The van der Waals surface area contributed by atoms with Gasteiger partial charge in [-0.05, 0) is 53.8 Å². The molecule has 0 unspecified atom stereocenters. The van der Waals surface area contributed by atoms with Crippen LogP contribution in [-0.4, -0.2) is 7.11 Å². The Kier molecular flexibility index (Phi) is 3.89. The molecule has 0 saturated heterocycles. The molecule has 0 N–H and O–H groups in total. The molecule has 0 aromatic heterocycles. The molecule has 0 aliphatic rings. The smallest absolute Gasteiger partial charge is 0.144 e. The van der Waals surface area contributed by atoms with Gasteiger partial charge in [-0.3, -0.25) is 0 Å². The van der Waals surface area contributed by atoms with Crippen molar-refractivity contribution in [3.8, 4) is 17.2 Å². The highest BCUT2D eigenvalue weighted by Crippen LogP contribution is 2.32. The van der Waals surface area contributed by atoms with Gasteiger partial charge in [0.2, 0.25) is 0 Å². The lowest BCUT2D eigenvalue weighted by Crippen LogP contribution is -1.91. The predicted molar refractivity (Wildman–Crippen MR) is 77.0 cm³/mol. The van der Waals surface area contributed by atoms with E-state index in [9.17, 15) is 0 Å². The third-order valence-corrected chi connectivity index (χ3v) is 3.46. The summed E-state index contributed by atoms with van der Waals surface area (Å²) in [5, 5.41) is 0. The van der Waals surface area contributed by atoms with Crippen LogP contribution in [0.5, 0.6) is 17.2 Å². The Balaban J connectivity index is 2.27. The van der Waals surface area contributed by atoms with Gasteiger partial charge in [-0.1, -0.05) is 23.8 Å². The number of benzene rings is 2. The van der Waals surface area contributed by atoms with Crippen LogP contribution < -0.4 is 9.47 Å². The Morgan fingerprint density at radius 3 is 2.24 bits per heavy atom. The van der Waals surface area contributed by atoms with Gasteiger partial charge in [0.05, 0.1) is 10.7 Å². The molecule has 0 atom stereocenters. The van der Waals surface area contributed by atoms with E-state index in [1.165, 1.54) is 5.56 Å². The van der Waals surface area contributed by atoms with Crippen molar-refractivity contribution in [2.24, 2.45) is 0 Å². The van der Waals surface area contributed by atoms with Crippen LogP contribution in [-0.2, 0) is 0 Å². The van der Waals surface area contributed by atoms with Gasteiger partial charge in [-0.2, -0.15) is 0 Å². The van der Waals surface area contributed by atoms with Gasteiger partial charge in [0.25, 0.3) is 0 Å². The lowest BCUT2D eigenvalue weighted by Gasteiger charge is -2.10. The van der Waals surface area contributed by atoms with E-state index in [1.807, 2.05) is 42.5 Å². The number of rotatable bonds is 3. The lowest BCUT2D eigenvalue weighted by molar-refractivity contribution is 0.404. The number of hydrogen-bond donors (Lipinski definition) is 0. The van der Waals surface area contributed by atoms with Crippen LogP contribution in [0.15, 0.2) is 42.5 Å². The fourth-order valence-electron chi connectivity index (χ4n) is 1.46. The van der Waals surface area contributed by atoms with Crippen LogP contribution in [0.3, 0.4) is 0 Å². The normalized spacial score (nSPS) is 10.1. The number of aryl methyl sites for hydroxylation is 1. The van der Waals surface area contributed by atoms with Crippen LogP contribution >= 0.6 is 22.6 Å². The van der Waals surface area contributed by atoms with E-state index in [2.05, 4.69) is 29.5 Å². The number of methoxy groups -OCH3 is 1. The largest absolute Gasteiger partial charge is 0.496 e. The molecular weight excluding hydrogens is 327 g/mol. The van der Waals surface area contributed by atoms with Crippen LogP contribution in [0.2, 0.25) is 0 Å². The Morgan fingerprint density at radius 2 is 1.59 bits per heavy atom. The van der Waals surface area contributed by atoms with E-state index in [0.29, 0.717) is 0 Å². The van der Waals surface area contributed by atoms with Crippen molar-refractivity contribution >= 4 is 22.6 Å². The van der Waals surface area contributed by atoms with Gasteiger partial charge in [0.1, 0.15) is 17.2 Å². The summed E-state index contributed by atoms with van der Waals surface area (Å²) in [5.74, 6) is 2.48. The van der Waals surface area contributed by atoms with E-state index in [0.717, 1.165) is 20.8 Å². The van der Waals surface area contributed by atoms with E-state index in [-0.39, 0.29) is 0 Å². The fraction of sp³-hybridized carbons (Fsp3) is 0.143. The van der Waals surface area contributed by atoms with Crippen molar-refractivity contribution < 1.29 is 9.47 Å². The molecule has 0 bridgehead atoms. The van der Waals surface area contributed by atoms with Crippen LogP contribution in [0.1, 0.15) is 5.56 Å². The first-order valence-electron chi connectivity index (χ1n) is 5.27. The minimum atomic E-state index is 0.814. The molecule has 2 aromatic carbocycles. The number of halogens is 1. The summed E-state index contributed by atoms with van der Waals surface area (Å²) in [7, 11) is 1.66. The predicted octanol–water partition coefficient (Wildman–Crippen LogP) is 4.40. The fourth-order valence-corrected chi connectivity index (χ4v) is 2.15. The first-order valence-corrected chi connectivity index (χ1v) is 6.35. The van der Waals surface area contributed by atoms with Crippen molar-refractivity contribution in [3.63, 3.8) is 0 Å². The van der Waals surface area contributed by atoms with Crippen LogP contribution in [0.25, 0.3) is 0 Å². The third-order valence-electron chi connectivity index (χ3n) is 2.40. The van der Waals surface area contributed by atoms with Crippen molar-refractivity contribution in [2.45, 2.75) is 6.92 Å². The minimum absolute atomic E-state index is 0.814. The second-order valence-corrected chi connectivity index (χ2v) is 4.77.